The van der Waals surface area contributed by atoms with E-state index in [1.807, 2.05) is 0 Å². The standard InChI is InChI=1S/C15H24N2/c1-3-7-16-11-13-9-12(14(16)5-1)10-17-8-4-2-6-15(13)17/h3,7,12-15H,1-2,4-6,8-11H2/t12-,13-,14-,15+/m0/s1. The first-order valence-corrected chi connectivity index (χ1v) is 7.58. The number of fused-ring (bicyclic) bond motifs is 6. The van der Waals surface area contributed by atoms with Crippen molar-refractivity contribution in [1.29, 1.82) is 0 Å². The molecule has 0 spiro atoms. The lowest BCUT2D eigenvalue weighted by Crippen LogP contribution is -2.61. The van der Waals surface area contributed by atoms with Crippen molar-refractivity contribution in [2.75, 3.05) is 19.6 Å². The summed E-state index contributed by atoms with van der Waals surface area (Å²) in [5, 5.41) is 0. The molecule has 0 unspecified atom stereocenters. The van der Waals surface area contributed by atoms with Gasteiger partial charge in [0, 0.05) is 25.2 Å². The number of rotatable bonds is 0. The van der Waals surface area contributed by atoms with Gasteiger partial charge < -0.3 is 4.90 Å². The average molecular weight is 232 g/mol. The Morgan fingerprint density at radius 2 is 1.88 bits per heavy atom. The average Bonchev–Trinajstić information content (AvgIpc) is 2.39. The van der Waals surface area contributed by atoms with Crippen molar-refractivity contribution < 1.29 is 0 Å². The maximum Gasteiger partial charge on any atom is 0.0327 e. The molecule has 0 radical (unpaired) electrons. The van der Waals surface area contributed by atoms with Gasteiger partial charge >= 0.3 is 0 Å². The molecule has 2 nitrogen and oxygen atoms in total. The highest BCUT2D eigenvalue weighted by atomic mass is 15.2. The fourth-order valence-corrected chi connectivity index (χ4v) is 4.90. The molecule has 2 bridgehead atoms. The van der Waals surface area contributed by atoms with Crippen LogP contribution < -0.4 is 0 Å². The Bertz CT molecular complexity index is 325. The normalized spacial score (nSPS) is 45.3. The molecule has 3 fully saturated rings. The molecule has 2 heteroatoms. The third kappa shape index (κ3) is 1.64. The molecular formula is C15H24N2. The lowest BCUT2D eigenvalue weighted by molar-refractivity contribution is -0.0495. The van der Waals surface area contributed by atoms with Crippen LogP contribution in [0.4, 0.5) is 0 Å². The summed E-state index contributed by atoms with van der Waals surface area (Å²) in [4.78, 5) is 5.53. The van der Waals surface area contributed by atoms with Gasteiger partial charge in [-0.05, 0) is 56.7 Å². The topological polar surface area (TPSA) is 6.48 Å². The minimum Gasteiger partial charge on any atom is -0.374 e. The van der Waals surface area contributed by atoms with Gasteiger partial charge in [-0.15, -0.1) is 0 Å². The Kier molecular flexibility index (Phi) is 2.46. The Morgan fingerprint density at radius 3 is 2.88 bits per heavy atom. The monoisotopic (exact) mass is 232 g/mol. The Balaban J connectivity index is 1.59. The first kappa shape index (κ1) is 10.4. The van der Waals surface area contributed by atoms with Gasteiger partial charge in [-0.2, -0.15) is 0 Å². The lowest BCUT2D eigenvalue weighted by Gasteiger charge is -2.56. The van der Waals surface area contributed by atoms with Crippen LogP contribution in [-0.4, -0.2) is 41.5 Å². The second-order valence-corrected chi connectivity index (χ2v) is 6.54. The maximum atomic E-state index is 2.85. The SMILES string of the molecule is C1=CN2C[C@@H]3C[C@@H](CN4CCCC[C@H]34)[C@@H]2CC1. The van der Waals surface area contributed by atoms with Crippen molar-refractivity contribution in [3.8, 4) is 0 Å². The van der Waals surface area contributed by atoms with Crippen molar-refractivity contribution in [2.24, 2.45) is 11.8 Å². The minimum atomic E-state index is 0.874. The van der Waals surface area contributed by atoms with Crippen molar-refractivity contribution in [2.45, 2.75) is 50.6 Å². The van der Waals surface area contributed by atoms with Crippen molar-refractivity contribution in [3.05, 3.63) is 12.3 Å². The molecule has 17 heavy (non-hydrogen) atoms. The van der Waals surface area contributed by atoms with Crippen LogP contribution in [0.1, 0.15) is 38.5 Å². The Labute approximate surface area is 105 Å². The summed E-state index contributed by atoms with van der Waals surface area (Å²) in [5.41, 5.74) is 0. The van der Waals surface area contributed by atoms with Crippen molar-refractivity contribution >= 4 is 0 Å². The second-order valence-electron chi connectivity index (χ2n) is 6.54. The van der Waals surface area contributed by atoms with Gasteiger partial charge in [0.2, 0.25) is 0 Å². The second kappa shape index (κ2) is 4.01. The highest BCUT2D eigenvalue weighted by Gasteiger charge is 2.45. The van der Waals surface area contributed by atoms with E-state index < -0.39 is 0 Å². The molecule has 0 aromatic carbocycles. The number of hydrogen-bond acceptors (Lipinski definition) is 2. The zero-order chi connectivity index (χ0) is 11.2. The van der Waals surface area contributed by atoms with Crippen LogP contribution in [-0.2, 0) is 0 Å². The summed E-state index contributed by atoms with van der Waals surface area (Å²) in [5.74, 6) is 1.93. The third-order valence-electron chi connectivity index (χ3n) is 5.62. The van der Waals surface area contributed by atoms with E-state index in [9.17, 15) is 0 Å². The van der Waals surface area contributed by atoms with Gasteiger partial charge in [-0.3, -0.25) is 4.90 Å². The number of hydrogen-bond donors (Lipinski definition) is 0. The number of allylic oxidation sites excluding steroid dienone is 1. The van der Waals surface area contributed by atoms with E-state index in [4.69, 9.17) is 0 Å². The molecule has 4 aliphatic rings. The van der Waals surface area contributed by atoms with E-state index in [1.54, 1.807) is 0 Å². The summed E-state index contributed by atoms with van der Waals surface area (Å²) >= 11 is 0. The summed E-state index contributed by atoms with van der Waals surface area (Å²) in [6.45, 7) is 4.13. The smallest absolute Gasteiger partial charge is 0.0327 e. The molecule has 4 rings (SSSR count). The minimum absolute atomic E-state index is 0.874. The van der Waals surface area contributed by atoms with Crippen LogP contribution in [0.2, 0.25) is 0 Å². The Morgan fingerprint density at radius 1 is 0.941 bits per heavy atom. The van der Waals surface area contributed by atoms with E-state index in [0.717, 1.165) is 23.9 Å². The predicted molar refractivity (Wildman–Crippen MR) is 69.7 cm³/mol. The van der Waals surface area contributed by atoms with Gasteiger partial charge in [0.15, 0.2) is 0 Å². The third-order valence-corrected chi connectivity index (χ3v) is 5.62. The summed E-state index contributed by atoms with van der Waals surface area (Å²) in [6.07, 6.45) is 13.4. The number of nitrogens with zero attached hydrogens (tertiary/aromatic N) is 2. The zero-order valence-electron chi connectivity index (χ0n) is 10.7. The first-order valence-electron chi connectivity index (χ1n) is 7.58. The summed E-state index contributed by atoms with van der Waals surface area (Å²) in [6, 6.07) is 1.80. The number of piperidine rings is 3. The van der Waals surface area contributed by atoms with Crippen LogP contribution in [0.3, 0.4) is 0 Å². The molecule has 4 heterocycles. The van der Waals surface area contributed by atoms with Crippen molar-refractivity contribution in [3.63, 3.8) is 0 Å². The van der Waals surface area contributed by atoms with Gasteiger partial charge in [0.25, 0.3) is 0 Å². The van der Waals surface area contributed by atoms with E-state index in [-0.39, 0.29) is 0 Å². The highest BCUT2D eigenvalue weighted by Crippen LogP contribution is 2.42. The molecule has 0 saturated carbocycles. The quantitative estimate of drug-likeness (QED) is 0.633. The zero-order valence-corrected chi connectivity index (χ0v) is 10.7. The Hall–Kier alpha value is -0.500. The molecule has 0 aliphatic carbocycles. The molecule has 0 N–H and O–H groups in total. The van der Waals surface area contributed by atoms with Crippen molar-refractivity contribution in [1.82, 2.24) is 9.80 Å². The van der Waals surface area contributed by atoms with E-state index in [0.29, 0.717) is 0 Å². The maximum absolute atomic E-state index is 2.85. The van der Waals surface area contributed by atoms with Crippen LogP contribution in [0.15, 0.2) is 12.3 Å². The molecule has 0 aromatic rings. The fourth-order valence-electron chi connectivity index (χ4n) is 4.90. The molecule has 3 saturated heterocycles. The van der Waals surface area contributed by atoms with Crippen LogP contribution in [0, 0.1) is 11.8 Å². The van der Waals surface area contributed by atoms with E-state index in [2.05, 4.69) is 22.1 Å². The molecular weight excluding hydrogens is 208 g/mol. The molecule has 4 atom stereocenters. The fraction of sp³-hybridized carbons (Fsp3) is 0.867. The molecule has 0 aromatic heterocycles. The van der Waals surface area contributed by atoms with E-state index >= 15 is 0 Å². The summed E-state index contributed by atoms with van der Waals surface area (Å²) < 4.78 is 0. The van der Waals surface area contributed by atoms with Gasteiger partial charge in [-0.1, -0.05) is 12.5 Å². The first-order chi connectivity index (χ1) is 8.42. The van der Waals surface area contributed by atoms with E-state index in [1.165, 1.54) is 58.2 Å². The molecule has 0 amide bonds. The highest BCUT2D eigenvalue weighted by molar-refractivity contribution is 5.05. The van der Waals surface area contributed by atoms with Crippen LogP contribution >= 0.6 is 0 Å². The lowest BCUT2D eigenvalue weighted by atomic mass is 9.71. The van der Waals surface area contributed by atoms with Gasteiger partial charge in [0.05, 0.1) is 0 Å². The predicted octanol–water partition coefficient (Wildman–Crippen LogP) is 2.47. The van der Waals surface area contributed by atoms with Crippen LogP contribution in [0.5, 0.6) is 0 Å². The molecule has 4 aliphatic heterocycles. The molecule has 94 valence electrons. The van der Waals surface area contributed by atoms with Gasteiger partial charge in [-0.25, -0.2) is 0 Å². The largest absolute Gasteiger partial charge is 0.374 e. The van der Waals surface area contributed by atoms with Gasteiger partial charge in [0.1, 0.15) is 0 Å². The summed E-state index contributed by atoms with van der Waals surface area (Å²) in [7, 11) is 0. The van der Waals surface area contributed by atoms with Crippen LogP contribution in [0.25, 0.3) is 0 Å².